The van der Waals surface area contributed by atoms with Gasteiger partial charge in [0.25, 0.3) is 0 Å². The zero-order chi connectivity index (χ0) is 14.5. The standard InChI is InChI=1S/C14H18ClF3S/c1-3-4-8-19-10(2)9-11-6-5-7-12(13(11)15)14(16,17)18/h5-7,10H,3-4,8-9H2,1-2H3. The molecule has 0 N–H and O–H groups in total. The van der Waals surface area contributed by atoms with Gasteiger partial charge in [0.1, 0.15) is 0 Å². The Morgan fingerprint density at radius 1 is 1.32 bits per heavy atom. The molecule has 1 atom stereocenters. The molecule has 0 aliphatic rings. The number of rotatable bonds is 6. The third-order valence-electron chi connectivity index (χ3n) is 2.79. The lowest BCUT2D eigenvalue weighted by Gasteiger charge is -2.15. The summed E-state index contributed by atoms with van der Waals surface area (Å²) in [6, 6.07) is 4.13. The van der Waals surface area contributed by atoms with Gasteiger partial charge in [-0.05, 0) is 30.2 Å². The van der Waals surface area contributed by atoms with E-state index in [-0.39, 0.29) is 10.3 Å². The second-order valence-electron chi connectivity index (χ2n) is 4.52. The predicted octanol–water partition coefficient (Wildman–Crippen LogP) is 5.82. The Kier molecular flexibility index (Phi) is 6.54. The van der Waals surface area contributed by atoms with Gasteiger partial charge >= 0.3 is 6.18 Å². The predicted molar refractivity (Wildman–Crippen MR) is 77.0 cm³/mol. The lowest BCUT2D eigenvalue weighted by Crippen LogP contribution is -2.09. The van der Waals surface area contributed by atoms with Crippen molar-refractivity contribution in [1.82, 2.24) is 0 Å². The van der Waals surface area contributed by atoms with Crippen LogP contribution in [0.1, 0.15) is 37.8 Å². The first-order valence-corrected chi connectivity index (χ1v) is 7.75. The van der Waals surface area contributed by atoms with Crippen LogP contribution < -0.4 is 0 Å². The van der Waals surface area contributed by atoms with Crippen molar-refractivity contribution >= 4 is 23.4 Å². The smallest absolute Gasteiger partial charge is 0.166 e. The van der Waals surface area contributed by atoms with Crippen LogP contribution in [0.2, 0.25) is 5.02 Å². The number of unbranched alkanes of at least 4 members (excludes halogenated alkanes) is 1. The van der Waals surface area contributed by atoms with E-state index in [1.165, 1.54) is 6.07 Å². The minimum absolute atomic E-state index is 0.155. The third kappa shape index (κ3) is 5.27. The van der Waals surface area contributed by atoms with Crippen molar-refractivity contribution in [3.05, 3.63) is 34.3 Å². The summed E-state index contributed by atoms with van der Waals surface area (Å²) in [6.45, 7) is 4.14. The Balaban J connectivity index is 2.74. The largest absolute Gasteiger partial charge is 0.417 e. The molecule has 0 heterocycles. The van der Waals surface area contributed by atoms with Crippen LogP contribution in [0.15, 0.2) is 18.2 Å². The summed E-state index contributed by atoms with van der Waals surface area (Å²) in [5.41, 5.74) is -0.162. The first-order valence-electron chi connectivity index (χ1n) is 6.32. The number of benzene rings is 1. The van der Waals surface area contributed by atoms with Gasteiger partial charge in [0.05, 0.1) is 10.6 Å². The number of hydrogen-bond donors (Lipinski definition) is 0. The molecule has 0 amide bonds. The molecule has 0 saturated heterocycles. The van der Waals surface area contributed by atoms with Crippen molar-refractivity contribution in [2.75, 3.05) is 5.75 Å². The molecular formula is C14H18ClF3S. The molecule has 0 spiro atoms. The molecule has 108 valence electrons. The van der Waals surface area contributed by atoms with Gasteiger partial charge in [0.2, 0.25) is 0 Å². The SMILES string of the molecule is CCCCSC(C)Cc1cccc(C(F)(F)F)c1Cl. The fourth-order valence-corrected chi connectivity index (χ4v) is 3.22. The summed E-state index contributed by atoms with van der Waals surface area (Å²) in [4.78, 5) is 0. The van der Waals surface area contributed by atoms with Crippen LogP contribution >= 0.6 is 23.4 Å². The molecule has 0 radical (unpaired) electrons. The van der Waals surface area contributed by atoms with Crippen molar-refractivity contribution in [2.24, 2.45) is 0 Å². The first-order chi connectivity index (χ1) is 8.86. The molecule has 19 heavy (non-hydrogen) atoms. The van der Waals surface area contributed by atoms with Crippen molar-refractivity contribution < 1.29 is 13.2 Å². The molecule has 1 rings (SSSR count). The molecule has 0 saturated carbocycles. The molecule has 0 fully saturated rings. The Morgan fingerprint density at radius 3 is 2.58 bits per heavy atom. The molecule has 0 aromatic heterocycles. The number of alkyl halides is 3. The Labute approximate surface area is 121 Å². The van der Waals surface area contributed by atoms with E-state index in [1.807, 2.05) is 6.92 Å². The van der Waals surface area contributed by atoms with Crippen molar-refractivity contribution in [3.63, 3.8) is 0 Å². The molecule has 1 aromatic rings. The summed E-state index contributed by atoms with van der Waals surface area (Å²) in [7, 11) is 0. The maximum absolute atomic E-state index is 12.7. The normalized spacial score (nSPS) is 13.6. The zero-order valence-corrected chi connectivity index (χ0v) is 12.6. The van der Waals surface area contributed by atoms with Crippen LogP contribution in [0, 0.1) is 0 Å². The fourth-order valence-electron chi connectivity index (χ4n) is 1.75. The number of thioether (sulfide) groups is 1. The van der Waals surface area contributed by atoms with Gasteiger partial charge in [0, 0.05) is 5.25 Å². The quantitative estimate of drug-likeness (QED) is 0.596. The van der Waals surface area contributed by atoms with E-state index in [0.717, 1.165) is 24.7 Å². The van der Waals surface area contributed by atoms with Crippen LogP contribution in [0.25, 0.3) is 0 Å². The molecule has 1 aromatic carbocycles. The van der Waals surface area contributed by atoms with Gasteiger partial charge in [-0.2, -0.15) is 24.9 Å². The molecular weight excluding hydrogens is 293 g/mol. The van der Waals surface area contributed by atoms with E-state index in [2.05, 4.69) is 6.92 Å². The van der Waals surface area contributed by atoms with Crippen LogP contribution in [-0.4, -0.2) is 11.0 Å². The van der Waals surface area contributed by atoms with Crippen LogP contribution in [0.3, 0.4) is 0 Å². The highest BCUT2D eigenvalue weighted by molar-refractivity contribution is 7.99. The molecule has 0 bridgehead atoms. The van der Waals surface area contributed by atoms with Crippen LogP contribution in [-0.2, 0) is 12.6 Å². The van der Waals surface area contributed by atoms with Crippen molar-refractivity contribution in [3.8, 4) is 0 Å². The Hall–Kier alpha value is -0.350. The highest BCUT2D eigenvalue weighted by atomic mass is 35.5. The highest BCUT2D eigenvalue weighted by Crippen LogP contribution is 2.37. The molecule has 5 heteroatoms. The van der Waals surface area contributed by atoms with Crippen LogP contribution in [0.4, 0.5) is 13.2 Å². The second-order valence-corrected chi connectivity index (χ2v) is 6.44. The molecule has 1 unspecified atom stereocenters. The molecule has 0 nitrogen and oxygen atoms in total. The average molecular weight is 311 g/mol. The maximum atomic E-state index is 12.7. The third-order valence-corrected chi connectivity index (χ3v) is 4.50. The lowest BCUT2D eigenvalue weighted by atomic mass is 10.1. The second kappa shape index (κ2) is 7.44. The zero-order valence-electron chi connectivity index (χ0n) is 11.1. The summed E-state index contributed by atoms with van der Waals surface area (Å²) in [6.07, 6.45) is -1.56. The summed E-state index contributed by atoms with van der Waals surface area (Å²) in [5, 5.41) is 0.116. The van der Waals surface area contributed by atoms with Gasteiger partial charge in [-0.15, -0.1) is 0 Å². The first kappa shape index (κ1) is 16.7. The van der Waals surface area contributed by atoms with Crippen molar-refractivity contribution in [1.29, 1.82) is 0 Å². The lowest BCUT2D eigenvalue weighted by molar-refractivity contribution is -0.137. The highest BCUT2D eigenvalue weighted by Gasteiger charge is 2.33. The molecule has 0 aliphatic carbocycles. The van der Waals surface area contributed by atoms with Crippen LogP contribution in [0.5, 0.6) is 0 Å². The van der Waals surface area contributed by atoms with Gasteiger partial charge < -0.3 is 0 Å². The summed E-state index contributed by atoms with van der Waals surface area (Å²) in [5.74, 6) is 1.04. The molecule has 0 aliphatic heterocycles. The van der Waals surface area contributed by atoms with E-state index < -0.39 is 11.7 Å². The average Bonchev–Trinajstić information content (AvgIpc) is 2.30. The Morgan fingerprint density at radius 2 is 2.00 bits per heavy atom. The summed E-state index contributed by atoms with van der Waals surface area (Å²) < 4.78 is 38.2. The summed E-state index contributed by atoms with van der Waals surface area (Å²) >= 11 is 7.65. The number of hydrogen-bond acceptors (Lipinski definition) is 1. The van der Waals surface area contributed by atoms with Gasteiger partial charge in [-0.3, -0.25) is 0 Å². The van der Waals surface area contributed by atoms with E-state index in [4.69, 9.17) is 11.6 Å². The number of halogens is 4. The van der Waals surface area contributed by atoms with E-state index >= 15 is 0 Å². The van der Waals surface area contributed by atoms with E-state index in [0.29, 0.717) is 12.0 Å². The monoisotopic (exact) mass is 310 g/mol. The van der Waals surface area contributed by atoms with Gasteiger partial charge in [-0.1, -0.05) is 44.0 Å². The Bertz CT molecular complexity index is 404. The topological polar surface area (TPSA) is 0 Å². The van der Waals surface area contributed by atoms with E-state index in [9.17, 15) is 13.2 Å². The minimum atomic E-state index is -4.38. The van der Waals surface area contributed by atoms with Crippen molar-refractivity contribution in [2.45, 2.75) is 44.5 Å². The maximum Gasteiger partial charge on any atom is 0.417 e. The van der Waals surface area contributed by atoms with E-state index in [1.54, 1.807) is 17.8 Å². The van der Waals surface area contributed by atoms with Gasteiger partial charge in [-0.25, -0.2) is 0 Å². The fraction of sp³-hybridized carbons (Fsp3) is 0.571. The van der Waals surface area contributed by atoms with Gasteiger partial charge in [0.15, 0.2) is 0 Å². The minimum Gasteiger partial charge on any atom is -0.166 e.